The van der Waals surface area contributed by atoms with Crippen LogP contribution in [0.5, 0.6) is 0 Å². The van der Waals surface area contributed by atoms with Crippen molar-refractivity contribution in [2.45, 2.75) is 13.3 Å². The molecule has 120 valence electrons. The molecule has 1 fully saturated rings. The fraction of sp³-hybridized carbons (Fsp3) is 0.267. The van der Waals surface area contributed by atoms with Gasteiger partial charge in [0.25, 0.3) is 0 Å². The molecule has 1 aliphatic carbocycles. The normalized spacial score (nSPS) is 19.3. The zero-order chi connectivity index (χ0) is 16.6. The molecule has 1 heterocycles. The Kier molecular flexibility index (Phi) is 3.81. The zero-order valence-corrected chi connectivity index (χ0v) is 12.1. The van der Waals surface area contributed by atoms with Gasteiger partial charge in [0, 0.05) is 6.07 Å². The Morgan fingerprint density at radius 2 is 1.78 bits per heavy atom. The lowest BCUT2D eigenvalue weighted by Gasteiger charge is -2.07. The quantitative estimate of drug-likeness (QED) is 0.906. The minimum Gasteiger partial charge on any atom is -0.360 e. The lowest BCUT2D eigenvalue weighted by atomic mass is 10.2. The second kappa shape index (κ2) is 5.79. The van der Waals surface area contributed by atoms with E-state index in [4.69, 9.17) is 4.52 Å². The molecule has 1 aliphatic rings. The maximum Gasteiger partial charge on any atom is 0.229 e. The molecule has 0 saturated heterocycles. The van der Waals surface area contributed by atoms with Crippen molar-refractivity contribution >= 4 is 23.3 Å². The van der Waals surface area contributed by atoms with Crippen LogP contribution in [0.25, 0.3) is 0 Å². The van der Waals surface area contributed by atoms with Crippen molar-refractivity contribution in [3.05, 3.63) is 41.7 Å². The van der Waals surface area contributed by atoms with Crippen LogP contribution >= 0.6 is 0 Å². The molecular weight excluding hydrogens is 308 g/mol. The molecule has 0 radical (unpaired) electrons. The number of aromatic nitrogens is 1. The standard InChI is InChI=1S/C15H13F2N3O3/c1-7-5-12(20-23-7)18-14(21)8-6-9(8)15(22)19-13-10(16)3-2-4-11(13)17/h2-5,8-9H,6H2,1H3,(H,19,22)(H,18,20,21). The first-order valence-corrected chi connectivity index (χ1v) is 6.95. The van der Waals surface area contributed by atoms with E-state index < -0.39 is 35.1 Å². The summed E-state index contributed by atoms with van der Waals surface area (Å²) >= 11 is 0. The molecule has 2 amide bonds. The van der Waals surface area contributed by atoms with Crippen molar-refractivity contribution in [2.24, 2.45) is 11.8 Å². The van der Waals surface area contributed by atoms with Crippen molar-refractivity contribution in [3.63, 3.8) is 0 Å². The molecule has 2 N–H and O–H groups in total. The average Bonchev–Trinajstić information content (AvgIpc) is 3.21. The number of carbonyl (C=O) groups is 2. The highest BCUT2D eigenvalue weighted by Crippen LogP contribution is 2.40. The predicted octanol–water partition coefficient (Wildman–Crippen LogP) is 2.47. The summed E-state index contributed by atoms with van der Waals surface area (Å²) in [6.07, 6.45) is 0.310. The van der Waals surface area contributed by atoms with Gasteiger partial charge in [-0.25, -0.2) is 8.78 Å². The van der Waals surface area contributed by atoms with Gasteiger partial charge >= 0.3 is 0 Å². The molecule has 0 bridgehead atoms. The summed E-state index contributed by atoms with van der Waals surface area (Å²) in [7, 11) is 0. The van der Waals surface area contributed by atoms with E-state index in [9.17, 15) is 18.4 Å². The van der Waals surface area contributed by atoms with Crippen LogP contribution in [0, 0.1) is 30.4 Å². The van der Waals surface area contributed by atoms with Crippen LogP contribution in [0.15, 0.2) is 28.8 Å². The number of amides is 2. The summed E-state index contributed by atoms with van der Waals surface area (Å²) in [5.41, 5.74) is -0.504. The fourth-order valence-corrected chi connectivity index (χ4v) is 2.25. The number of para-hydroxylation sites is 1. The number of halogens is 2. The largest absolute Gasteiger partial charge is 0.360 e. The van der Waals surface area contributed by atoms with E-state index in [1.807, 2.05) is 0 Å². The second-order valence-corrected chi connectivity index (χ2v) is 5.35. The number of rotatable bonds is 4. The van der Waals surface area contributed by atoms with Gasteiger partial charge in [-0.2, -0.15) is 0 Å². The monoisotopic (exact) mass is 321 g/mol. The highest BCUT2D eigenvalue weighted by atomic mass is 19.1. The van der Waals surface area contributed by atoms with Crippen molar-refractivity contribution in [1.29, 1.82) is 0 Å². The van der Waals surface area contributed by atoms with Crippen LogP contribution in [-0.2, 0) is 9.59 Å². The van der Waals surface area contributed by atoms with Gasteiger partial charge in [-0.1, -0.05) is 11.2 Å². The minimum atomic E-state index is -0.863. The third-order valence-electron chi connectivity index (χ3n) is 3.55. The molecule has 23 heavy (non-hydrogen) atoms. The predicted molar refractivity (Wildman–Crippen MR) is 76.5 cm³/mol. The molecule has 0 aliphatic heterocycles. The van der Waals surface area contributed by atoms with Gasteiger partial charge in [0.1, 0.15) is 23.1 Å². The molecule has 1 aromatic carbocycles. The average molecular weight is 321 g/mol. The van der Waals surface area contributed by atoms with Gasteiger partial charge in [0.05, 0.1) is 11.8 Å². The third-order valence-corrected chi connectivity index (χ3v) is 3.55. The highest BCUT2D eigenvalue weighted by Gasteiger charge is 2.48. The van der Waals surface area contributed by atoms with Crippen LogP contribution in [0.1, 0.15) is 12.2 Å². The maximum absolute atomic E-state index is 13.5. The molecular formula is C15H13F2N3O3. The number of nitrogens with zero attached hydrogens (tertiary/aromatic N) is 1. The third kappa shape index (κ3) is 3.20. The molecule has 2 atom stereocenters. The maximum atomic E-state index is 13.5. The molecule has 2 unspecified atom stereocenters. The SMILES string of the molecule is Cc1cc(NC(=O)C2CC2C(=O)Nc2c(F)cccc2F)no1. The summed E-state index contributed by atoms with van der Waals surface area (Å²) in [5, 5.41) is 8.33. The molecule has 8 heteroatoms. The first kappa shape index (κ1) is 15.1. The van der Waals surface area contributed by atoms with Crippen LogP contribution in [0.4, 0.5) is 20.3 Å². The zero-order valence-electron chi connectivity index (χ0n) is 12.1. The topological polar surface area (TPSA) is 84.2 Å². The van der Waals surface area contributed by atoms with E-state index in [1.165, 1.54) is 6.07 Å². The molecule has 2 aromatic rings. The number of nitrogens with one attached hydrogen (secondary N) is 2. The molecule has 1 aromatic heterocycles. The number of anilines is 2. The first-order valence-electron chi connectivity index (χ1n) is 6.95. The Morgan fingerprint density at radius 1 is 1.17 bits per heavy atom. The highest BCUT2D eigenvalue weighted by molar-refractivity contribution is 6.03. The van der Waals surface area contributed by atoms with Crippen molar-refractivity contribution in [2.75, 3.05) is 10.6 Å². The number of carbonyl (C=O) groups excluding carboxylic acids is 2. The Balaban J connectivity index is 1.59. The number of hydrogen-bond donors (Lipinski definition) is 2. The number of hydrogen-bond acceptors (Lipinski definition) is 4. The minimum absolute atomic E-state index is 0.263. The van der Waals surface area contributed by atoms with E-state index in [0.717, 1.165) is 12.1 Å². The summed E-state index contributed by atoms with van der Waals surface area (Å²) in [5.74, 6) is -3.07. The molecule has 6 nitrogen and oxygen atoms in total. The Labute approximate surface area is 129 Å². The van der Waals surface area contributed by atoms with Gasteiger partial charge in [0.2, 0.25) is 11.8 Å². The summed E-state index contributed by atoms with van der Waals surface area (Å²) < 4.78 is 31.8. The summed E-state index contributed by atoms with van der Waals surface area (Å²) in [6, 6.07) is 4.84. The lowest BCUT2D eigenvalue weighted by Crippen LogP contribution is -2.21. The second-order valence-electron chi connectivity index (χ2n) is 5.35. The Hall–Kier alpha value is -2.77. The van der Waals surface area contributed by atoms with Crippen molar-refractivity contribution in [3.8, 4) is 0 Å². The van der Waals surface area contributed by atoms with Gasteiger partial charge in [-0.05, 0) is 25.5 Å². The van der Waals surface area contributed by atoms with Crippen LogP contribution in [0.3, 0.4) is 0 Å². The van der Waals surface area contributed by atoms with E-state index >= 15 is 0 Å². The van der Waals surface area contributed by atoms with Crippen molar-refractivity contribution < 1.29 is 22.9 Å². The Morgan fingerprint density at radius 3 is 2.35 bits per heavy atom. The summed E-state index contributed by atoms with van der Waals surface area (Å²) in [4.78, 5) is 24.0. The Bertz CT molecular complexity index is 755. The van der Waals surface area contributed by atoms with E-state index in [1.54, 1.807) is 13.0 Å². The van der Waals surface area contributed by atoms with Gasteiger partial charge in [0.15, 0.2) is 5.82 Å². The lowest BCUT2D eigenvalue weighted by molar-refractivity contribution is -0.122. The van der Waals surface area contributed by atoms with Crippen LogP contribution in [0.2, 0.25) is 0 Å². The van der Waals surface area contributed by atoms with Gasteiger partial charge in [-0.15, -0.1) is 0 Å². The van der Waals surface area contributed by atoms with E-state index in [-0.39, 0.29) is 11.7 Å². The molecule has 1 saturated carbocycles. The first-order chi connectivity index (χ1) is 11.0. The van der Waals surface area contributed by atoms with E-state index in [2.05, 4.69) is 15.8 Å². The van der Waals surface area contributed by atoms with E-state index in [0.29, 0.717) is 12.2 Å². The van der Waals surface area contributed by atoms with Gasteiger partial charge < -0.3 is 15.2 Å². The molecule has 3 rings (SSSR count). The smallest absolute Gasteiger partial charge is 0.229 e. The number of benzene rings is 1. The van der Waals surface area contributed by atoms with Gasteiger partial charge in [-0.3, -0.25) is 9.59 Å². The van der Waals surface area contributed by atoms with Crippen molar-refractivity contribution in [1.82, 2.24) is 5.16 Å². The fourth-order valence-electron chi connectivity index (χ4n) is 2.25. The summed E-state index contributed by atoms with van der Waals surface area (Å²) in [6.45, 7) is 1.68. The molecule has 0 spiro atoms. The van der Waals surface area contributed by atoms with Crippen LogP contribution in [-0.4, -0.2) is 17.0 Å². The van der Waals surface area contributed by atoms with Crippen LogP contribution < -0.4 is 10.6 Å². The number of aryl methyl sites for hydroxylation is 1.